The van der Waals surface area contributed by atoms with E-state index in [0.717, 1.165) is 0 Å². The second-order valence-electron chi connectivity index (χ2n) is 12.1. The maximum absolute atomic E-state index is 12.7. The molecule has 1 aromatic carbocycles. The molecule has 0 spiro atoms. The number of amides is 1. The average molecular weight is 526 g/mol. The van der Waals surface area contributed by atoms with Gasteiger partial charge < -0.3 is 24.0 Å². The van der Waals surface area contributed by atoms with Gasteiger partial charge in [0, 0.05) is 15.6 Å². The molecule has 4 heterocycles. The number of imidazole rings is 1. The number of hydrogen-bond acceptors (Lipinski definition) is 8. The Kier molecular flexibility index (Phi) is 6.07. The minimum absolute atomic E-state index is 0.231. The van der Waals surface area contributed by atoms with Gasteiger partial charge in [0.1, 0.15) is 24.1 Å². The van der Waals surface area contributed by atoms with Crippen LogP contribution in [0.4, 0.5) is 5.82 Å². The molecule has 0 saturated carbocycles. The minimum atomic E-state index is -2.83. The van der Waals surface area contributed by atoms with Gasteiger partial charge >= 0.3 is 8.56 Å². The van der Waals surface area contributed by atoms with E-state index in [1.165, 1.54) is 6.33 Å². The zero-order chi connectivity index (χ0) is 26.8. The number of aromatic nitrogens is 4. The molecule has 3 aromatic rings. The van der Waals surface area contributed by atoms with Crippen molar-refractivity contribution in [2.45, 2.75) is 82.6 Å². The molecule has 0 aliphatic carbocycles. The summed E-state index contributed by atoms with van der Waals surface area (Å²) in [6, 6.07) is 8.87. The molecule has 2 aliphatic rings. The van der Waals surface area contributed by atoms with Crippen LogP contribution in [0.2, 0.25) is 10.1 Å². The number of ether oxygens (including phenoxy) is 1. The van der Waals surface area contributed by atoms with Crippen molar-refractivity contribution in [2.75, 3.05) is 11.9 Å². The average Bonchev–Trinajstić information content (AvgIpc) is 3.36. The van der Waals surface area contributed by atoms with Crippen molar-refractivity contribution in [2.24, 2.45) is 0 Å². The lowest BCUT2D eigenvalue weighted by Gasteiger charge is -2.54. The monoisotopic (exact) mass is 525 g/mol. The lowest BCUT2D eigenvalue weighted by molar-refractivity contribution is -0.0951. The number of anilines is 1. The van der Waals surface area contributed by atoms with Crippen LogP contribution in [-0.4, -0.2) is 63.5 Å². The van der Waals surface area contributed by atoms with E-state index in [9.17, 15) is 9.90 Å². The number of nitrogens with one attached hydrogen (secondary N) is 1. The van der Waals surface area contributed by atoms with E-state index in [-0.39, 0.29) is 21.8 Å². The molecular formula is C26H35N5O5Si. The van der Waals surface area contributed by atoms with Crippen LogP contribution in [0.5, 0.6) is 0 Å². The summed E-state index contributed by atoms with van der Waals surface area (Å²) >= 11 is 0. The smallest absolute Gasteiger partial charge is 0.349 e. The van der Waals surface area contributed by atoms with Gasteiger partial charge in [-0.15, -0.1) is 0 Å². The van der Waals surface area contributed by atoms with Crippen LogP contribution in [0.25, 0.3) is 11.2 Å². The predicted octanol–water partition coefficient (Wildman–Crippen LogP) is 4.18. The van der Waals surface area contributed by atoms with Gasteiger partial charge in [0.25, 0.3) is 5.91 Å². The molecule has 37 heavy (non-hydrogen) atoms. The highest BCUT2D eigenvalue weighted by atomic mass is 28.4. The van der Waals surface area contributed by atoms with Gasteiger partial charge in [-0.2, -0.15) is 0 Å². The van der Waals surface area contributed by atoms with E-state index in [4.69, 9.17) is 13.6 Å². The summed E-state index contributed by atoms with van der Waals surface area (Å²) in [5.41, 5.74) is -0.0677. The molecule has 2 aliphatic heterocycles. The molecule has 2 saturated heterocycles. The summed E-state index contributed by atoms with van der Waals surface area (Å²) in [4.78, 5) is 25.8. The van der Waals surface area contributed by atoms with Crippen LogP contribution >= 0.6 is 0 Å². The van der Waals surface area contributed by atoms with Crippen molar-refractivity contribution in [3.05, 3.63) is 48.5 Å². The molecule has 4 atom stereocenters. The van der Waals surface area contributed by atoms with E-state index in [0.29, 0.717) is 23.3 Å². The molecule has 1 amide bonds. The predicted molar refractivity (Wildman–Crippen MR) is 140 cm³/mol. The highest BCUT2D eigenvalue weighted by Crippen LogP contribution is 2.57. The molecule has 2 fully saturated rings. The van der Waals surface area contributed by atoms with Crippen LogP contribution in [-0.2, 0) is 13.6 Å². The number of rotatable bonds is 3. The fraction of sp³-hybridized carbons (Fsp3) is 0.538. The van der Waals surface area contributed by atoms with E-state index in [1.54, 1.807) is 42.1 Å². The van der Waals surface area contributed by atoms with Crippen LogP contribution in [0.15, 0.2) is 43.0 Å². The summed E-state index contributed by atoms with van der Waals surface area (Å²) < 4.78 is 21.4. The maximum Gasteiger partial charge on any atom is 0.349 e. The fourth-order valence-electron chi connectivity index (χ4n) is 5.77. The Bertz CT molecular complexity index is 1300. The SMILES string of the molecule is CC(C)(C)[Si]1(C(C)(C)C)OC[C@H]2O[C@@H](n3cnc4c(NC(=O)c5ccccc5)ncnc43)[C@@](C)(O)C2O1. The van der Waals surface area contributed by atoms with Crippen LogP contribution in [0, 0.1) is 0 Å². The van der Waals surface area contributed by atoms with E-state index < -0.39 is 32.6 Å². The number of carbonyl (C=O) groups is 1. The lowest BCUT2D eigenvalue weighted by atomic mass is 9.96. The van der Waals surface area contributed by atoms with Crippen molar-refractivity contribution >= 4 is 31.4 Å². The highest BCUT2D eigenvalue weighted by molar-refractivity contribution is 6.73. The molecule has 10 nitrogen and oxygen atoms in total. The molecule has 0 bridgehead atoms. The number of carbonyl (C=O) groups excluding carboxylic acids is 1. The number of nitrogens with zero attached hydrogens (tertiary/aromatic N) is 4. The van der Waals surface area contributed by atoms with Crippen LogP contribution in [0.3, 0.4) is 0 Å². The first kappa shape index (κ1) is 25.9. The van der Waals surface area contributed by atoms with E-state index in [2.05, 4.69) is 61.8 Å². The Morgan fingerprint density at radius 1 is 1.11 bits per heavy atom. The van der Waals surface area contributed by atoms with Crippen molar-refractivity contribution in [3.63, 3.8) is 0 Å². The molecular weight excluding hydrogens is 490 g/mol. The molecule has 2 aromatic heterocycles. The number of aliphatic hydroxyl groups is 1. The first-order chi connectivity index (χ1) is 17.3. The van der Waals surface area contributed by atoms with Crippen LogP contribution < -0.4 is 5.32 Å². The Hall–Kier alpha value is -2.70. The fourth-order valence-corrected chi connectivity index (χ4v) is 10.8. The Morgan fingerprint density at radius 2 is 1.78 bits per heavy atom. The molecule has 198 valence electrons. The van der Waals surface area contributed by atoms with E-state index in [1.807, 2.05) is 6.07 Å². The van der Waals surface area contributed by atoms with Gasteiger partial charge in [-0.1, -0.05) is 59.7 Å². The van der Waals surface area contributed by atoms with E-state index >= 15 is 0 Å². The summed E-state index contributed by atoms with van der Waals surface area (Å²) in [7, 11) is -2.83. The van der Waals surface area contributed by atoms with Gasteiger partial charge in [-0.3, -0.25) is 9.36 Å². The molecule has 11 heteroatoms. The number of hydrogen-bond donors (Lipinski definition) is 2. The minimum Gasteiger partial charge on any atom is -0.391 e. The van der Waals surface area contributed by atoms with Crippen molar-refractivity contribution < 1.29 is 23.5 Å². The standard InChI is InChI=1S/C26H35N5O5Si/c1-24(2,3)37(25(4,5)6)34-13-17-19(36-37)26(7,33)23(35-17)31-15-29-18-20(27-14-28-21(18)31)30-22(32)16-11-9-8-10-12-16/h8-12,14-15,17,19,23,33H,13H2,1-7H3,(H,27,28,30,32)/t17-,19?,23-,26+/m1/s1. The first-order valence-electron chi connectivity index (χ1n) is 12.5. The summed E-state index contributed by atoms with van der Waals surface area (Å²) in [6.45, 7) is 14.9. The maximum atomic E-state index is 12.7. The summed E-state index contributed by atoms with van der Waals surface area (Å²) in [6.07, 6.45) is 1.03. The normalized spacial score (nSPS) is 27.7. The number of fused-ring (bicyclic) bond motifs is 2. The molecule has 0 radical (unpaired) electrons. The highest BCUT2D eigenvalue weighted by Gasteiger charge is 2.67. The van der Waals surface area contributed by atoms with Crippen molar-refractivity contribution in [1.29, 1.82) is 0 Å². The van der Waals surface area contributed by atoms with Crippen LogP contribution in [0.1, 0.15) is 65.1 Å². The zero-order valence-corrected chi connectivity index (χ0v) is 23.3. The summed E-state index contributed by atoms with van der Waals surface area (Å²) in [5.74, 6) is -0.0272. The Labute approximate surface area is 217 Å². The van der Waals surface area contributed by atoms with Gasteiger partial charge in [-0.25, -0.2) is 15.0 Å². The van der Waals surface area contributed by atoms with Gasteiger partial charge in [0.2, 0.25) is 0 Å². The topological polar surface area (TPSA) is 121 Å². The molecule has 5 rings (SSSR count). The summed E-state index contributed by atoms with van der Waals surface area (Å²) in [5, 5.41) is 14.2. The molecule has 1 unspecified atom stereocenters. The third-order valence-electron chi connectivity index (χ3n) is 7.32. The van der Waals surface area contributed by atoms with Gasteiger partial charge in [-0.05, 0) is 19.1 Å². The number of benzene rings is 1. The largest absolute Gasteiger partial charge is 0.391 e. The van der Waals surface area contributed by atoms with Crippen molar-refractivity contribution in [3.8, 4) is 0 Å². The lowest BCUT2D eigenvalue weighted by Crippen LogP contribution is -2.66. The van der Waals surface area contributed by atoms with Gasteiger partial charge in [0.15, 0.2) is 23.2 Å². The second kappa shape index (κ2) is 8.67. The molecule has 2 N–H and O–H groups in total. The Morgan fingerprint density at radius 3 is 2.43 bits per heavy atom. The second-order valence-corrected chi connectivity index (χ2v) is 16.8. The zero-order valence-electron chi connectivity index (χ0n) is 22.3. The Balaban J connectivity index is 1.47. The third-order valence-corrected chi connectivity index (χ3v) is 12.4. The third kappa shape index (κ3) is 4.09. The first-order valence-corrected chi connectivity index (χ1v) is 14.3. The van der Waals surface area contributed by atoms with Crippen molar-refractivity contribution in [1.82, 2.24) is 19.5 Å². The van der Waals surface area contributed by atoms with Gasteiger partial charge in [0.05, 0.1) is 12.9 Å². The quantitative estimate of drug-likeness (QED) is 0.489.